The molecule has 0 fully saturated rings. The van der Waals surface area contributed by atoms with Crippen molar-refractivity contribution in [2.24, 2.45) is 0 Å². The van der Waals surface area contributed by atoms with Crippen LogP contribution in [0.15, 0.2) is 219 Å². The van der Waals surface area contributed by atoms with E-state index >= 15 is 0 Å². The van der Waals surface area contributed by atoms with E-state index in [4.69, 9.17) is 22.8 Å². The molecule has 0 saturated heterocycles. The average Bonchev–Trinajstić information content (AvgIpc) is 3.33. The van der Waals surface area contributed by atoms with Crippen LogP contribution >= 0.6 is 15.8 Å². The Balaban J connectivity index is 0.000000162. The van der Waals surface area contributed by atoms with Crippen molar-refractivity contribution in [3.63, 3.8) is 0 Å². The molecule has 2 aromatic heterocycles. The molecule has 0 amide bonds. The molecule has 2 atom stereocenters. The third kappa shape index (κ3) is 10.9. The molecule has 2 nitrogen and oxygen atoms in total. The number of rotatable bonds is 7. The molecule has 10 aromatic rings. The van der Waals surface area contributed by atoms with E-state index < -0.39 is 15.8 Å². The summed E-state index contributed by atoms with van der Waals surface area (Å²) in [7, 11) is -1.84. The van der Waals surface area contributed by atoms with Crippen molar-refractivity contribution in [3.8, 4) is 11.8 Å². The molecule has 62 heavy (non-hydrogen) atoms. The predicted molar refractivity (Wildman–Crippen MR) is 262 cm³/mol. The second-order valence-electron chi connectivity index (χ2n) is 14.3. The molecule has 0 saturated carbocycles. The number of aromatic nitrogens is 2. The molecular weight excluding hydrogens is 978 g/mol. The summed E-state index contributed by atoms with van der Waals surface area (Å²) < 4.78 is 0. The largest absolute Gasteiger partial charge is 1.00 e. The zero-order valence-electron chi connectivity index (χ0n) is 33.7. The van der Waals surface area contributed by atoms with Crippen LogP contribution in [0.25, 0.3) is 43.1 Å². The van der Waals surface area contributed by atoms with Crippen LogP contribution in [0.2, 0.25) is 0 Å². The summed E-state index contributed by atoms with van der Waals surface area (Å²) in [5.41, 5.74) is 4.26. The Hall–Kier alpha value is -5.44. The van der Waals surface area contributed by atoms with E-state index in [-0.39, 0.29) is 44.8 Å². The van der Waals surface area contributed by atoms with Crippen molar-refractivity contribution in [1.82, 2.24) is 9.97 Å². The SMILES string of the molecule is [Ag+].[Ag+].[C-]#Cc1c2ccccc2cc2ccccc12.[C-]#Cc1c2ccccc2cc2ccccc12.c1ccc([PH+](CC[PH+](c2ccccc2)c2ccccn2)c2ccccn2)cc1. The Labute approximate surface area is 398 Å². The fraction of sp³-hybridized carbons (Fsp3) is 0.0357. The summed E-state index contributed by atoms with van der Waals surface area (Å²) in [5.74, 6) is 5.13. The topological polar surface area (TPSA) is 25.8 Å². The first-order valence-electron chi connectivity index (χ1n) is 20.0. The summed E-state index contributed by atoms with van der Waals surface area (Å²) in [5, 5.41) is 11.9. The van der Waals surface area contributed by atoms with Crippen LogP contribution in [-0.4, -0.2) is 22.3 Å². The van der Waals surface area contributed by atoms with Crippen LogP contribution in [0.3, 0.4) is 0 Å². The summed E-state index contributed by atoms with van der Waals surface area (Å²) in [6.07, 6.45) is 21.1. The maximum Gasteiger partial charge on any atom is 1.00 e. The van der Waals surface area contributed by atoms with Crippen LogP contribution in [0.4, 0.5) is 0 Å². The molecule has 6 heteroatoms. The predicted octanol–water partition coefficient (Wildman–Crippen LogP) is 11.4. The van der Waals surface area contributed by atoms with Gasteiger partial charge in [0.05, 0.1) is 26.5 Å². The van der Waals surface area contributed by atoms with E-state index in [1.54, 1.807) is 0 Å². The first kappa shape index (κ1) is 46.1. The zero-order valence-corrected chi connectivity index (χ0v) is 38.7. The number of fused-ring (bicyclic) bond motifs is 4. The molecule has 0 radical (unpaired) electrons. The molecule has 10 rings (SSSR count). The van der Waals surface area contributed by atoms with Crippen molar-refractivity contribution < 1.29 is 44.8 Å². The molecule has 0 bridgehead atoms. The van der Waals surface area contributed by atoms with E-state index in [1.807, 2.05) is 97.3 Å². The monoisotopic (exact) mass is 1020 g/mol. The van der Waals surface area contributed by atoms with Crippen molar-refractivity contribution in [3.05, 3.63) is 243 Å². The van der Waals surface area contributed by atoms with Gasteiger partial charge in [-0.15, -0.1) is 11.1 Å². The van der Waals surface area contributed by atoms with Crippen molar-refractivity contribution >= 4 is 80.4 Å². The van der Waals surface area contributed by atoms with Gasteiger partial charge in [-0.25, -0.2) is 9.97 Å². The Morgan fingerprint density at radius 1 is 0.355 bits per heavy atom. The first-order chi connectivity index (χ1) is 29.7. The van der Waals surface area contributed by atoms with Gasteiger partial charge in [0.1, 0.15) is 12.3 Å². The minimum atomic E-state index is -0.922. The summed E-state index contributed by atoms with van der Waals surface area (Å²) in [6.45, 7) is 0. The Bertz CT molecular complexity index is 2680. The number of hydrogen-bond donors (Lipinski definition) is 0. The molecule has 0 N–H and O–H groups in total. The molecule has 0 aliphatic carbocycles. The van der Waals surface area contributed by atoms with Crippen LogP contribution in [0.5, 0.6) is 0 Å². The van der Waals surface area contributed by atoms with Crippen LogP contribution in [0.1, 0.15) is 11.1 Å². The van der Waals surface area contributed by atoms with E-state index in [2.05, 4.69) is 133 Å². The third-order valence-electron chi connectivity index (χ3n) is 10.6. The standard InChI is InChI=1S/C24H22N2P2.2C16H9.2Ag/c1-3-11-21(12-4-1)27(23-15-7-9-17-25-23)19-20-28(22-13-5-2-6-14-22)24-16-8-10-18-26-24;2*1-2-14-15-9-5-3-7-12(15)11-13-8-4-6-10-16(13)14;;/h1-18H,19-20H2;2*3-11H;;/q;2*-1;2*+1/p+2. The molecular formula is C56H42Ag2N2P2+2. The van der Waals surface area contributed by atoms with Crippen molar-refractivity contribution in [1.29, 1.82) is 0 Å². The molecule has 0 spiro atoms. The van der Waals surface area contributed by atoms with E-state index in [9.17, 15) is 0 Å². The average molecular weight is 1020 g/mol. The van der Waals surface area contributed by atoms with Crippen molar-refractivity contribution in [2.75, 3.05) is 12.3 Å². The fourth-order valence-corrected chi connectivity index (χ4v) is 13.7. The molecule has 8 aromatic carbocycles. The van der Waals surface area contributed by atoms with Gasteiger partial charge in [0, 0.05) is 24.5 Å². The first-order valence-corrected chi connectivity index (χ1v) is 23.4. The van der Waals surface area contributed by atoms with Gasteiger partial charge in [-0.05, 0) is 70.1 Å². The van der Waals surface area contributed by atoms with Gasteiger partial charge in [0.2, 0.25) is 0 Å². The minimum Gasteiger partial charge on any atom is -0.366 e. The normalized spacial score (nSPS) is 11.3. The van der Waals surface area contributed by atoms with E-state index in [0.717, 1.165) is 66.5 Å². The Kier molecular flexibility index (Phi) is 17.2. The third-order valence-corrected chi connectivity index (χ3v) is 16.5. The summed E-state index contributed by atoms with van der Waals surface area (Å²) >= 11 is 0. The molecule has 306 valence electrons. The van der Waals surface area contributed by atoms with Crippen molar-refractivity contribution in [2.45, 2.75) is 0 Å². The molecule has 2 heterocycles. The van der Waals surface area contributed by atoms with E-state index in [1.165, 1.54) is 21.5 Å². The van der Waals surface area contributed by atoms with Gasteiger partial charge >= 0.3 is 44.8 Å². The Morgan fingerprint density at radius 3 is 0.935 bits per heavy atom. The second-order valence-corrected chi connectivity index (χ2v) is 19.4. The summed E-state index contributed by atoms with van der Waals surface area (Å²) in [4.78, 5) is 9.44. The van der Waals surface area contributed by atoms with Gasteiger partial charge in [-0.2, -0.15) is 0 Å². The second kappa shape index (κ2) is 23.1. The number of pyridine rings is 2. The molecule has 0 aliphatic heterocycles. The Morgan fingerprint density at radius 2 is 0.645 bits per heavy atom. The molecule has 0 aliphatic rings. The zero-order chi connectivity index (χ0) is 40.9. The van der Waals surface area contributed by atoms with Crippen LogP contribution in [-0.2, 0) is 44.8 Å². The smallest absolute Gasteiger partial charge is 0.366 e. The van der Waals surface area contributed by atoms with Gasteiger partial charge in [0.15, 0.2) is 10.9 Å². The maximum absolute atomic E-state index is 7.46. The van der Waals surface area contributed by atoms with Gasteiger partial charge in [0.25, 0.3) is 0 Å². The van der Waals surface area contributed by atoms with Gasteiger partial charge < -0.3 is 12.8 Å². The van der Waals surface area contributed by atoms with Gasteiger partial charge in [-0.1, -0.05) is 167 Å². The fourth-order valence-electron chi connectivity index (χ4n) is 7.75. The quantitative estimate of drug-likeness (QED) is 0.0523. The van der Waals surface area contributed by atoms with Crippen LogP contribution in [0, 0.1) is 24.7 Å². The van der Waals surface area contributed by atoms with E-state index in [0.29, 0.717) is 0 Å². The maximum atomic E-state index is 7.46. The molecule has 2 unspecified atom stereocenters. The number of hydrogen-bond acceptors (Lipinski definition) is 2. The number of benzene rings is 8. The number of nitrogens with zero attached hydrogens (tertiary/aromatic N) is 2. The summed E-state index contributed by atoms with van der Waals surface area (Å²) in [6, 6.07) is 71.2. The van der Waals surface area contributed by atoms with Crippen LogP contribution < -0.4 is 21.5 Å². The minimum absolute atomic E-state index is 0. The van der Waals surface area contributed by atoms with Gasteiger partial charge in [-0.3, -0.25) is 11.8 Å².